The number of aliphatic hydroxyl groups excluding tert-OH is 3. The monoisotopic (exact) mass is 767 g/mol. The molecule has 1 aliphatic rings. The predicted octanol–water partition coefficient (Wildman–Crippen LogP) is 4.39. The lowest BCUT2D eigenvalue weighted by atomic mass is 10.0. The molecular weight excluding hydrogens is 702 g/mol. The van der Waals surface area contributed by atoms with E-state index < -0.39 is 23.9 Å². The van der Waals surface area contributed by atoms with E-state index in [4.69, 9.17) is 15.4 Å². The zero-order valence-electron chi connectivity index (χ0n) is 36.6. The van der Waals surface area contributed by atoms with Gasteiger partial charge in [-0.15, -0.1) is 0 Å². The molecule has 1 aliphatic heterocycles. The fraction of sp³-hybridized carbons (Fsp3) is 0.364. The first kappa shape index (κ1) is 42.5. The maximum absolute atomic E-state index is 11.5. The first-order valence-electron chi connectivity index (χ1n) is 20.1. The number of aliphatic hydroxyl groups is 3. The smallest absolute Gasteiger partial charge is 0.314 e. The Labute approximate surface area is 332 Å². The van der Waals surface area contributed by atoms with Gasteiger partial charge in [0.25, 0.3) is 0 Å². The van der Waals surface area contributed by atoms with Crippen molar-refractivity contribution < 1.29 is 56.7 Å². The Hall–Kier alpha value is -5.20. The van der Waals surface area contributed by atoms with Crippen molar-refractivity contribution in [3.63, 3.8) is 0 Å². The molecule has 4 aromatic carbocycles. The molecule has 5 rings (SSSR count). The summed E-state index contributed by atoms with van der Waals surface area (Å²) < 4.78 is 35.5. The van der Waals surface area contributed by atoms with Gasteiger partial charge in [0.05, 0.1) is 45.5 Å². The number of aryl methyl sites for hydroxylation is 2. The average molecular weight is 768 g/mol. The van der Waals surface area contributed by atoms with Gasteiger partial charge in [0.2, 0.25) is 2.86 Å². The summed E-state index contributed by atoms with van der Waals surface area (Å²) in [5, 5.41) is 26.5. The summed E-state index contributed by atoms with van der Waals surface area (Å²) in [5.74, 6) is -2.65. The number of rotatable bonds is 11. The summed E-state index contributed by atoms with van der Waals surface area (Å²) in [5.41, 5.74) is 7.56. The van der Waals surface area contributed by atoms with Crippen LogP contribution in [0.25, 0.3) is 22.3 Å². The van der Waals surface area contributed by atoms with Crippen molar-refractivity contribution in [1.29, 1.82) is 2.86 Å². The Morgan fingerprint density at radius 3 is 1.53 bits per heavy atom. The Kier molecular flexibility index (Phi) is 23.3. The minimum absolute atomic E-state index is 0.0215. The Bertz CT molecular complexity index is 1720. The van der Waals surface area contributed by atoms with E-state index >= 15 is 0 Å². The first-order valence-corrected chi connectivity index (χ1v) is 17.9. The van der Waals surface area contributed by atoms with Crippen LogP contribution in [0.1, 0.15) is 71.4 Å². The number of nitrogens with one attached hydrogen (secondary N) is 1. The third kappa shape index (κ3) is 21.9. The third-order valence-corrected chi connectivity index (χ3v) is 7.70. The second kappa shape index (κ2) is 30.2. The van der Waals surface area contributed by atoms with Crippen molar-refractivity contribution >= 4 is 23.9 Å². The van der Waals surface area contributed by atoms with Gasteiger partial charge in [-0.25, -0.2) is 0 Å². The van der Waals surface area contributed by atoms with Crippen molar-refractivity contribution in [3.8, 4) is 22.3 Å². The fourth-order valence-electron chi connectivity index (χ4n) is 4.92. The molecule has 300 valence electrons. The van der Waals surface area contributed by atoms with Crippen LogP contribution in [-0.2, 0) is 41.9 Å². The summed E-state index contributed by atoms with van der Waals surface area (Å²) >= 11 is 0. The lowest BCUT2D eigenvalue weighted by Gasteiger charge is -2.10. The van der Waals surface area contributed by atoms with Crippen molar-refractivity contribution in [3.05, 3.63) is 119 Å². The van der Waals surface area contributed by atoms with Gasteiger partial charge in [-0.05, 0) is 86.5 Å². The number of aliphatic carboxylic acids is 1. The van der Waals surface area contributed by atoms with Crippen LogP contribution >= 0.6 is 0 Å². The Morgan fingerprint density at radius 2 is 1.18 bits per heavy atom. The standard InChI is InChI=1S/C18H18O4.C14H14O.C6H15N.C4H4O3.2CH4O/c1-13-9-14(12-22-18(21)8-7-17(19)20)11-16(10-13)15-5-3-2-4-6-15;1-11-7-12(10-15)9-14(8-11)13-5-3-2-4-6-13;1-4-7(5-2)6-3;5-3-1-2-4(6)7-3;2*1-2/h2-6,9-11H,7-8,12H2,1H3,(H,19,20);2-9,15H,10H2,1H3;4-6H2,1-3H3;1-2H2;2*2H,1H3/i2*1D;;;2*2T. The molecule has 4 N–H and O–H groups in total. The van der Waals surface area contributed by atoms with Crippen molar-refractivity contribution in [1.82, 2.24) is 0 Å². The zero-order valence-corrected chi connectivity index (χ0v) is 32.6. The maximum atomic E-state index is 11.5. The van der Waals surface area contributed by atoms with Crippen LogP contribution in [0, 0.1) is 13.8 Å². The molecule has 0 unspecified atom stereocenters. The quantitative estimate of drug-likeness (QED) is 0.127. The van der Waals surface area contributed by atoms with E-state index in [1.54, 1.807) is 4.90 Å². The van der Waals surface area contributed by atoms with Crippen LogP contribution < -0.4 is 10.0 Å². The Morgan fingerprint density at radius 1 is 0.745 bits per heavy atom. The lowest BCUT2D eigenvalue weighted by molar-refractivity contribution is -0.894. The van der Waals surface area contributed by atoms with Gasteiger partial charge < -0.3 is 39.6 Å². The molecule has 0 atom stereocenters. The van der Waals surface area contributed by atoms with Crippen LogP contribution in [-0.4, -0.2) is 75.9 Å². The highest BCUT2D eigenvalue weighted by Crippen LogP contribution is 2.23. The van der Waals surface area contributed by atoms with Crippen LogP contribution in [0.15, 0.2) is 97.1 Å². The molecule has 55 heavy (non-hydrogen) atoms. The number of cyclic esters (lactones) is 2. The number of hydrogen-bond acceptors (Lipinski definition) is 10. The molecule has 0 aromatic heterocycles. The molecule has 0 aliphatic carbocycles. The van der Waals surface area contributed by atoms with Crippen molar-refractivity contribution in [2.45, 2.75) is 73.5 Å². The van der Waals surface area contributed by atoms with Gasteiger partial charge in [0, 0.05) is 22.9 Å². The molecule has 0 amide bonds. The van der Waals surface area contributed by atoms with Crippen LogP contribution in [0.2, 0.25) is 0 Å². The number of carbonyl (C=O) groups is 4. The van der Waals surface area contributed by atoms with Gasteiger partial charge in [0.1, 0.15) is 6.61 Å². The highest BCUT2D eigenvalue weighted by Gasteiger charge is 2.19. The SMILES string of the molecule is CC[NH+](CC)CC.O=C1CCC(=O)O1.[2H]Cc1cc(CO)cc(-c2ccccc2)c1.[2H]Cc1cc(COC(=O)CCC(=O)[O-])cc(-c2ccccc2)c1.[3H]OC.[3H]OC. The van der Waals surface area contributed by atoms with Gasteiger partial charge in [-0.2, -0.15) is 0 Å². The molecule has 0 saturated carbocycles. The number of carboxylic acid groups (broad SMARTS) is 1. The van der Waals surface area contributed by atoms with Crippen molar-refractivity contribution in [2.24, 2.45) is 0 Å². The maximum Gasteiger partial charge on any atom is 0.314 e. The minimum atomic E-state index is -1.27. The molecule has 1 saturated heterocycles. The van der Waals surface area contributed by atoms with Gasteiger partial charge in [0.15, 0.2) is 0 Å². The molecule has 11 nitrogen and oxygen atoms in total. The summed E-state index contributed by atoms with van der Waals surface area (Å²) in [6.45, 7) is 10.9. The second-order valence-corrected chi connectivity index (χ2v) is 11.7. The number of ether oxygens (including phenoxy) is 2. The van der Waals surface area contributed by atoms with E-state index in [9.17, 15) is 24.3 Å². The zero-order chi connectivity index (χ0) is 44.4. The Balaban J connectivity index is 0.000000802. The van der Waals surface area contributed by atoms with E-state index in [0.29, 0.717) is 0 Å². The lowest BCUT2D eigenvalue weighted by Crippen LogP contribution is -3.11. The summed E-state index contributed by atoms with van der Waals surface area (Å²) in [4.78, 5) is 43.5. The summed E-state index contributed by atoms with van der Waals surface area (Å²) in [6.07, 6.45) is -0.0233. The fourth-order valence-corrected chi connectivity index (χ4v) is 4.92. The van der Waals surface area contributed by atoms with Crippen molar-refractivity contribution in [2.75, 3.05) is 33.9 Å². The molecular formula is C44H59NO10. The average Bonchev–Trinajstić information content (AvgIpc) is 3.65. The van der Waals surface area contributed by atoms with E-state index in [1.807, 2.05) is 97.1 Å². The van der Waals surface area contributed by atoms with E-state index in [0.717, 1.165) is 44.5 Å². The number of quaternary nitrogens is 1. The largest absolute Gasteiger partial charge is 0.550 e. The van der Waals surface area contributed by atoms with Crippen LogP contribution in [0.4, 0.5) is 0 Å². The molecule has 4 aromatic rings. The van der Waals surface area contributed by atoms with Crippen LogP contribution in [0.3, 0.4) is 0 Å². The second-order valence-electron chi connectivity index (χ2n) is 11.7. The van der Waals surface area contributed by atoms with E-state index in [2.05, 4.69) is 35.7 Å². The third-order valence-electron chi connectivity index (χ3n) is 7.70. The molecule has 0 radical (unpaired) electrons. The normalized spacial score (nSPS) is 11.9. The first-order chi connectivity index (χ1) is 28.4. The molecule has 0 bridgehead atoms. The summed E-state index contributed by atoms with van der Waals surface area (Å²) in [6, 6.07) is 31.2. The van der Waals surface area contributed by atoms with E-state index in [1.165, 1.54) is 33.9 Å². The van der Waals surface area contributed by atoms with Crippen LogP contribution in [0.5, 0.6) is 0 Å². The number of esters is 3. The number of benzene rings is 4. The molecule has 1 fully saturated rings. The minimum Gasteiger partial charge on any atom is -0.550 e. The highest BCUT2D eigenvalue weighted by atomic mass is 16.6. The highest BCUT2D eigenvalue weighted by molar-refractivity contribution is 5.92. The molecule has 0 spiro atoms. The predicted molar refractivity (Wildman–Crippen MR) is 212 cm³/mol. The molecule has 11 heteroatoms. The number of carboxylic acids is 1. The van der Waals surface area contributed by atoms with Gasteiger partial charge in [-0.3, -0.25) is 14.4 Å². The van der Waals surface area contributed by atoms with Gasteiger partial charge >= 0.3 is 17.9 Å². The van der Waals surface area contributed by atoms with Gasteiger partial charge in [-0.1, -0.05) is 96.1 Å². The topological polar surface area (TPSA) is 175 Å². The van der Waals surface area contributed by atoms with E-state index in [-0.39, 0.29) is 52.7 Å². The number of carbonyl (C=O) groups excluding carboxylic acids is 4. The summed E-state index contributed by atoms with van der Waals surface area (Å²) in [7, 11) is 2.58. The number of hydrogen-bond donors (Lipinski definition) is 4. The molecule has 1 heterocycles.